The summed E-state index contributed by atoms with van der Waals surface area (Å²) in [6.45, 7) is 8.93. The fraction of sp³-hybridized carbons (Fsp3) is 0.909. The minimum Gasteiger partial charge on any atom is -0.352 e. The van der Waals surface area contributed by atoms with Crippen molar-refractivity contribution in [3.8, 4) is 0 Å². The molecule has 0 fully saturated rings. The zero-order valence-corrected chi connectivity index (χ0v) is 11.7. The molecule has 0 bridgehead atoms. The molecule has 96 valence electrons. The van der Waals surface area contributed by atoms with Gasteiger partial charge in [-0.05, 0) is 19.8 Å². The predicted octanol–water partition coefficient (Wildman–Crippen LogP) is 0.504. The molecule has 3 unspecified atom stereocenters. The largest absolute Gasteiger partial charge is 0.352 e. The first-order valence-electron chi connectivity index (χ1n) is 5.67. The van der Waals surface area contributed by atoms with Crippen LogP contribution in [0.1, 0.15) is 27.7 Å². The first-order chi connectivity index (χ1) is 7.34. The summed E-state index contributed by atoms with van der Waals surface area (Å²) < 4.78 is 11.1. The van der Waals surface area contributed by atoms with Gasteiger partial charge in [0.2, 0.25) is 5.91 Å². The number of carbonyl (C=O) groups is 1. The molecule has 0 aromatic carbocycles. The molecular formula is C11H24N2O2S. The van der Waals surface area contributed by atoms with E-state index in [1.807, 2.05) is 13.8 Å². The maximum absolute atomic E-state index is 11.5. The molecule has 3 atom stereocenters. The molecule has 16 heavy (non-hydrogen) atoms. The Morgan fingerprint density at radius 2 is 1.81 bits per heavy atom. The van der Waals surface area contributed by atoms with Gasteiger partial charge in [0.1, 0.15) is 0 Å². The van der Waals surface area contributed by atoms with Crippen molar-refractivity contribution in [1.29, 1.82) is 0 Å². The summed E-state index contributed by atoms with van der Waals surface area (Å²) in [6.07, 6.45) is 1.67. The summed E-state index contributed by atoms with van der Waals surface area (Å²) in [5.74, 6) is 0.432. The zero-order valence-electron chi connectivity index (χ0n) is 10.9. The van der Waals surface area contributed by atoms with Crippen molar-refractivity contribution in [3.63, 3.8) is 0 Å². The molecule has 0 saturated carbocycles. The van der Waals surface area contributed by atoms with Gasteiger partial charge in [-0.3, -0.25) is 9.00 Å². The van der Waals surface area contributed by atoms with Gasteiger partial charge in [0.25, 0.3) is 0 Å². The zero-order chi connectivity index (χ0) is 12.7. The summed E-state index contributed by atoms with van der Waals surface area (Å²) in [5.41, 5.74) is 0. The number of nitrogens with one attached hydrogen (secondary N) is 2. The Bertz CT molecular complexity index is 244. The van der Waals surface area contributed by atoms with Crippen LogP contribution in [0.5, 0.6) is 0 Å². The molecule has 0 aromatic rings. The van der Waals surface area contributed by atoms with E-state index in [1.54, 1.807) is 6.26 Å². The Hall–Kier alpha value is -0.420. The minimum absolute atomic E-state index is 0.00437. The van der Waals surface area contributed by atoms with Crippen LogP contribution in [0.2, 0.25) is 0 Å². The Kier molecular flexibility index (Phi) is 7.58. The lowest BCUT2D eigenvalue weighted by Gasteiger charge is -2.18. The third kappa shape index (κ3) is 6.95. The van der Waals surface area contributed by atoms with Crippen molar-refractivity contribution in [2.75, 3.05) is 19.3 Å². The SMILES string of the molecule is CC(C)C(C)NC(=O)CNCC(C)S(C)=O. The van der Waals surface area contributed by atoms with Gasteiger partial charge in [-0.15, -0.1) is 0 Å². The van der Waals surface area contributed by atoms with Crippen molar-refractivity contribution >= 4 is 16.7 Å². The molecule has 0 aliphatic heterocycles. The van der Waals surface area contributed by atoms with Crippen LogP contribution in [0.4, 0.5) is 0 Å². The van der Waals surface area contributed by atoms with Crippen molar-refractivity contribution < 1.29 is 9.00 Å². The summed E-state index contributed by atoms with van der Waals surface area (Å²) in [5, 5.41) is 5.99. The van der Waals surface area contributed by atoms with Crippen LogP contribution in [0, 0.1) is 5.92 Å². The highest BCUT2D eigenvalue weighted by Gasteiger charge is 2.11. The van der Waals surface area contributed by atoms with Gasteiger partial charge < -0.3 is 10.6 Å². The maximum atomic E-state index is 11.5. The Morgan fingerprint density at radius 3 is 2.25 bits per heavy atom. The highest BCUT2D eigenvalue weighted by Crippen LogP contribution is 1.98. The molecule has 0 spiro atoms. The molecule has 5 heteroatoms. The van der Waals surface area contributed by atoms with Crippen molar-refractivity contribution in [3.05, 3.63) is 0 Å². The summed E-state index contributed by atoms with van der Waals surface area (Å²) in [6, 6.07) is 0.187. The lowest BCUT2D eigenvalue weighted by atomic mass is 10.1. The van der Waals surface area contributed by atoms with Gasteiger partial charge in [0.15, 0.2) is 0 Å². The van der Waals surface area contributed by atoms with Gasteiger partial charge in [0.05, 0.1) is 6.54 Å². The number of hydrogen-bond acceptors (Lipinski definition) is 3. The molecule has 0 saturated heterocycles. The van der Waals surface area contributed by atoms with E-state index in [9.17, 15) is 9.00 Å². The number of rotatable bonds is 7. The minimum atomic E-state index is -0.837. The molecule has 0 aliphatic carbocycles. The van der Waals surface area contributed by atoms with Crippen molar-refractivity contribution in [2.24, 2.45) is 5.92 Å². The smallest absolute Gasteiger partial charge is 0.234 e. The second kappa shape index (κ2) is 7.79. The summed E-state index contributed by atoms with van der Waals surface area (Å²) in [4.78, 5) is 11.5. The lowest BCUT2D eigenvalue weighted by molar-refractivity contribution is -0.121. The molecule has 4 nitrogen and oxygen atoms in total. The second-order valence-electron chi connectivity index (χ2n) is 4.54. The van der Waals surface area contributed by atoms with E-state index >= 15 is 0 Å². The Labute approximate surface area is 101 Å². The van der Waals surface area contributed by atoms with Crippen LogP contribution in [0.15, 0.2) is 0 Å². The predicted molar refractivity (Wildman–Crippen MR) is 68.8 cm³/mol. The first-order valence-corrected chi connectivity index (χ1v) is 7.29. The van der Waals surface area contributed by atoms with Crippen LogP contribution in [0.25, 0.3) is 0 Å². The number of hydrogen-bond donors (Lipinski definition) is 2. The maximum Gasteiger partial charge on any atom is 0.234 e. The second-order valence-corrected chi connectivity index (χ2v) is 6.34. The highest BCUT2D eigenvalue weighted by molar-refractivity contribution is 7.84. The quantitative estimate of drug-likeness (QED) is 0.690. The molecule has 0 rings (SSSR count). The fourth-order valence-corrected chi connectivity index (χ4v) is 1.33. The van der Waals surface area contributed by atoms with Gasteiger partial charge in [-0.1, -0.05) is 13.8 Å². The van der Waals surface area contributed by atoms with Gasteiger partial charge >= 0.3 is 0 Å². The topological polar surface area (TPSA) is 58.2 Å². The third-order valence-corrected chi connectivity index (χ3v) is 3.97. The van der Waals surface area contributed by atoms with Crippen LogP contribution in [-0.2, 0) is 15.6 Å². The van der Waals surface area contributed by atoms with Crippen LogP contribution >= 0.6 is 0 Å². The summed E-state index contributed by atoms with van der Waals surface area (Å²) in [7, 11) is -0.837. The van der Waals surface area contributed by atoms with Crippen LogP contribution < -0.4 is 10.6 Å². The van der Waals surface area contributed by atoms with Gasteiger partial charge in [-0.2, -0.15) is 0 Å². The van der Waals surface area contributed by atoms with E-state index in [2.05, 4.69) is 24.5 Å². The fourth-order valence-electron chi connectivity index (χ4n) is 0.978. The van der Waals surface area contributed by atoms with E-state index in [0.717, 1.165) is 0 Å². The average Bonchev–Trinajstić information content (AvgIpc) is 2.16. The van der Waals surface area contributed by atoms with E-state index in [1.165, 1.54) is 0 Å². The van der Waals surface area contributed by atoms with Gasteiger partial charge in [0, 0.05) is 34.9 Å². The van der Waals surface area contributed by atoms with Gasteiger partial charge in [-0.25, -0.2) is 0 Å². The Morgan fingerprint density at radius 1 is 1.25 bits per heavy atom. The van der Waals surface area contributed by atoms with E-state index in [4.69, 9.17) is 0 Å². The average molecular weight is 248 g/mol. The molecule has 0 aromatic heterocycles. The molecule has 1 amide bonds. The lowest BCUT2D eigenvalue weighted by Crippen LogP contribution is -2.42. The standard InChI is InChI=1S/C11H24N2O2S/c1-8(2)10(4)13-11(14)7-12-6-9(3)16(5)15/h8-10,12H,6-7H2,1-5H3,(H,13,14). The van der Waals surface area contributed by atoms with Crippen molar-refractivity contribution in [2.45, 2.75) is 39.0 Å². The van der Waals surface area contributed by atoms with Crippen LogP contribution in [-0.4, -0.2) is 40.8 Å². The first kappa shape index (κ1) is 15.6. The number of amides is 1. The Balaban J connectivity index is 3.70. The summed E-state index contributed by atoms with van der Waals surface area (Å²) >= 11 is 0. The molecule has 0 aliphatic rings. The molecule has 0 heterocycles. The van der Waals surface area contributed by atoms with E-state index in [0.29, 0.717) is 19.0 Å². The molecule has 0 radical (unpaired) electrons. The highest BCUT2D eigenvalue weighted by atomic mass is 32.2. The van der Waals surface area contributed by atoms with Crippen molar-refractivity contribution in [1.82, 2.24) is 10.6 Å². The van der Waals surface area contributed by atoms with Crippen LogP contribution in [0.3, 0.4) is 0 Å². The normalized spacial score (nSPS) is 16.9. The monoisotopic (exact) mass is 248 g/mol. The van der Waals surface area contributed by atoms with E-state index < -0.39 is 10.8 Å². The van der Waals surface area contributed by atoms with E-state index in [-0.39, 0.29) is 17.2 Å². The molecule has 2 N–H and O–H groups in total. The number of carbonyl (C=O) groups excluding carboxylic acids is 1. The molecular weight excluding hydrogens is 224 g/mol. The third-order valence-electron chi connectivity index (χ3n) is 2.67.